The quantitative estimate of drug-likeness (QED) is 0.509. The maximum Gasteiger partial charge on any atom is 0.200 e. The molecule has 8 heteroatoms. The van der Waals surface area contributed by atoms with Crippen molar-refractivity contribution in [1.29, 1.82) is 0 Å². The van der Waals surface area contributed by atoms with Gasteiger partial charge in [0.1, 0.15) is 0 Å². The lowest BCUT2D eigenvalue weighted by Gasteiger charge is -2.14. The number of hydrogen-bond acceptors (Lipinski definition) is 2. The van der Waals surface area contributed by atoms with Crippen molar-refractivity contribution in [3.63, 3.8) is 0 Å². The molecule has 2 nitrogen and oxygen atoms in total. The van der Waals surface area contributed by atoms with Crippen LogP contribution in [0.2, 0.25) is 0 Å². The van der Waals surface area contributed by atoms with Crippen LogP contribution in [0.1, 0.15) is 24.4 Å². The molecule has 0 bridgehead atoms. The van der Waals surface area contributed by atoms with E-state index in [4.69, 9.17) is 10.8 Å². The maximum atomic E-state index is 13.2. The van der Waals surface area contributed by atoms with Crippen LogP contribution in [0.5, 0.6) is 0 Å². The first kappa shape index (κ1) is 17.1. The molecule has 1 atom stereocenters. The van der Waals surface area contributed by atoms with Crippen molar-refractivity contribution in [3.8, 4) is 0 Å². The van der Waals surface area contributed by atoms with Gasteiger partial charge in [0.25, 0.3) is 0 Å². The van der Waals surface area contributed by atoms with Crippen LogP contribution < -0.4 is 5.73 Å². The summed E-state index contributed by atoms with van der Waals surface area (Å²) in [5.74, 6) is -10.1. The summed E-state index contributed by atoms with van der Waals surface area (Å²) in [7, 11) is 0. The Bertz CT molecular complexity index is 400. The van der Waals surface area contributed by atoms with Gasteiger partial charge in [0, 0.05) is 18.2 Å². The van der Waals surface area contributed by atoms with Crippen molar-refractivity contribution in [2.24, 2.45) is 5.73 Å². The van der Waals surface area contributed by atoms with Crippen molar-refractivity contribution in [1.82, 2.24) is 0 Å². The summed E-state index contributed by atoms with van der Waals surface area (Å²) in [5, 5.41) is 8.50. The van der Waals surface area contributed by atoms with Gasteiger partial charge in [-0.1, -0.05) is 0 Å². The monoisotopic (exact) mass is 291 g/mol. The van der Waals surface area contributed by atoms with E-state index in [-0.39, 0.29) is 31.9 Å². The third-order valence-corrected chi connectivity index (χ3v) is 2.29. The van der Waals surface area contributed by atoms with Crippen LogP contribution in [0.3, 0.4) is 0 Å². The third-order valence-electron chi connectivity index (χ3n) is 2.29. The van der Waals surface area contributed by atoms with Gasteiger partial charge in [0.05, 0.1) is 0 Å². The summed E-state index contributed by atoms with van der Waals surface area (Å²) in [6, 6.07) is -1.35. The second kappa shape index (κ2) is 6.86. The highest BCUT2D eigenvalue weighted by Gasteiger charge is 2.28. The van der Waals surface area contributed by atoms with E-state index < -0.39 is 40.7 Å². The third kappa shape index (κ3) is 3.09. The molecule has 0 amide bonds. The summed E-state index contributed by atoms with van der Waals surface area (Å²) in [6.45, 7) is -0.289. The van der Waals surface area contributed by atoms with Gasteiger partial charge < -0.3 is 10.8 Å². The van der Waals surface area contributed by atoms with Crippen LogP contribution in [0.15, 0.2) is 0 Å². The average Bonchev–Trinajstić information content (AvgIpc) is 2.31. The van der Waals surface area contributed by atoms with Gasteiger partial charge in [0.15, 0.2) is 23.3 Å². The highest BCUT2D eigenvalue weighted by molar-refractivity contribution is 5.85. The van der Waals surface area contributed by atoms with E-state index in [9.17, 15) is 22.0 Å². The number of hydrogen-bond donors (Lipinski definition) is 2. The fourth-order valence-electron chi connectivity index (χ4n) is 1.40. The molecular weight excluding hydrogens is 281 g/mol. The molecule has 104 valence electrons. The molecule has 0 heterocycles. The summed E-state index contributed by atoms with van der Waals surface area (Å²) in [6.07, 6.45) is 0.00944. The smallest absolute Gasteiger partial charge is 0.200 e. The van der Waals surface area contributed by atoms with Gasteiger partial charge in [-0.15, -0.1) is 12.4 Å². The lowest BCUT2D eigenvalue weighted by atomic mass is 10.0. The average molecular weight is 292 g/mol. The van der Waals surface area contributed by atoms with Crippen LogP contribution >= 0.6 is 12.4 Å². The molecule has 0 unspecified atom stereocenters. The van der Waals surface area contributed by atoms with Gasteiger partial charge in [-0.3, -0.25) is 0 Å². The second-order valence-corrected chi connectivity index (χ2v) is 3.46. The van der Waals surface area contributed by atoms with Gasteiger partial charge in [0.2, 0.25) is 5.82 Å². The highest BCUT2D eigenvalue weighted by Crippen LogP contribution is 2.28. The predicted molar refractivity (Wildman–Crippen MR) is 56.7 cm³/mol. The van der Waals surface area contributed by atoms with E-state index in [1.54, 1.807) is 0 Å². The Hall–Kier alpha value is -0.920. The molecule has 0 fully saturated rings. The van der Waals surface area contributed by atoms with Crippen molar-refractivity contribution >= 4 is 12.4 Å². The van der Waals surface area contributed by atoms with Crippen LogP contribution in [0.25, 0.3) is 0 Å². The van der Waals surface area contributed by atoms with E-state index >= 15 is 0 Å². The van der Waals surface area contributed by atoms with Gasteiger partial charge in [-0.05, 0) is 12.8 Å². The molecule has 1 aromatic carbocycles. The summed E-state index contributed by atoms with van der Waals surface area (Å²) in [5.41, 5.74) is 4.28. The Morgan fingerprint density at radius 1 is 0.889 bits per heavy atom. The Balaban J connectivity index is 0.00000289. The highest BCUT2D eigenvalue weighted by atomic mass is 35.5. The van der Waals surface area contributed by atoms with E-state index in [0.717, 1.165) is 0 Å². The SMILES string of the molecule is Cl.N[C@H](CCCO)c1c(F)c(F)c(F)c(F)c1F. The first-order valence-electron chi connectivity index (χ1n) is 4.79. The molecule has 0 spiro atoms. The largest absolute Gasteiger partial charge is 0.396 e. The zero-order valence-electron chi connectivity index (χ0n) is 9.02. The minimum absolute atomic E-state index is 0. The molecule has 0 aromatic heterocycles. The Kier molecular flexibility index (Phi) is 6.51. The number of benzene rings is 1. The van der Waals surface area contributed by atoms with Crippen LogP contribution in [0.4, 0.5) is 22.0 Å². The first-order chi connectivity index (χ1) is 7.91. The summed E-state index contributed by atoms with van der Waals surface area (Å²) in [4.78, 5) is 0. The minimum atomic E-state index is -2.21. The Morgan fingerprint density at radius 2 is 1.28 bits per heavy atom. The number of aliphatic hydroxyl groups excluding tert-OH is 1. The molecule has 0 saturated carbocycles. The van der Waals surface area contributed by atoms with Crippen LogP contribution in [-0.4, -0.2) is 11.7 Å². The van der Waals surface area contributed by atoms with E-state index in [2.05, 4.69) is 0 Å². The first-order valence-corrected chi connectivity index (χ1v) is 4.79. The fraction of sp³-hybridized carbons (Fsp3) is 0.400. The molecular formula is C10H11ClF5NO. The standard InChI is InChI=1S/C10H10F5NO.ClH/c11-6-5(4(16)2-1-3-17)7(12)9(14)10(15)8(6)13;/h4,17H,1-3,16H2;1H/t4-;/m1./s1. The molecule has 1 rings (SSSR count). The molecule has 3 N–H and O–H groups in total. The van der Waals surface area contributed by atoms with E-state index in [1.165, 1.54) is 0 Å². The Labute approximate surface area is 106 Å². The Morgan fingerprint density at radius 3 is 1.67 bits per heavy atom. The van der Waals surface area contributed by atoms with Crippen molar-refractivity contribution in [2.45, 2.75) is 18.9 Å². The van der Waals surface area contributed by atoms with Gasteiger partial charge in [-0.25, -0.2) is 22.0 Å². The summed E-state index contributed by atoms with van der Waals surface area (Å²) < 4.78 is 64.8. The van der Waals surface area contributed by atoms with Crippen molar-refractivity contribution < 1.29 is 27.1 Å². The normalized spacial score (nSPS) is 12.2. The molecule has 1 aromatic rings. The zero-order valence-corrected chi connectivity index (χ0v) is 9.84. The molecule has 0 aliphatic heterocycles. The zero-order chi connectivity index (χ0) is 13.2. The van der Waals surface area contributed by atoms with Gasteiger partial charge in [-0.2, -0.15) is 0 Å². The molecule has 18 heavy (non-hydrogen) atoms. The topological polar surface area (TPSA) is 46.2 Å². The van der Waals surface area contributed by atoms with E-state index in [0.29, 0.717) is 0 Å². The summed E-state index contributed by atoms with van der Waals surface area (Å²) >= 11 is 0. The lowest BCUT2D eigenvalue weighted by molar-refractivity contribution is 0.277. The molecule has 0 aliphatic carbocycles. The predicted octanol–water partition coefficient (Wildman–Crippen LogP) is 2.58. The fourth-order valence-corrected chi connectivity index (χ4v) is 1.40. The minimum Gasteiger partial charge on any atom is -0.396 e. The lowest BCUT2D eigenvalue weighted by Crippen LogP contribution is -2.18. The number of rotatable bonds is 4. The molecule has 0 radical (unpaired) electrons. The number of nitrogens with two attached hydrogens (primary N) is 1. The van der Waals surface area contributed by atoms with Crippen LogP contribution in [-0.2, 0) is 0 Å². The van der Waals surface area contributed by atoms with Crippen LogP contribution in [0, 0.1) is 29.1 Å². The molecule has 0 saturated heterocycles. The number of aliphatic hydroxyl groups is 1. The van der Waals surface area contributed by atoms with E-state index in [1.807, 2.05) is 0 Å². The number of halogens is 6. The maximum absolute atomic E-state index is 13.2. The second-order valence-electron chi connectivity index (χ2n) is 3.46. The van der Waals surface area contributed by atoms with Crippen molar-refractivity contribution in [3.05, 3.63) is 34.6 Å². The van der Waals surface area contributed by atoms with Crippen molar-refractivity contribution in [2.75, 3.05) is 6.61 Å². The van der Waals surface area contributed by atoms with Gasteiger partial charge >= 0.3 is 0 Å². The molecule has 0 aliphatic rings.